The second-order valence-corrected chi connectivity index (χ2v) is 4.68. The minimum atomic E-state index is -0.949. The van der Waals surface area contributed by atoms with E-state index in [0.717, 1.165) is 12.1 Å². The van der Waals surface area contributed by atoms with Crippen molar-refractivity contribution in [2.45, 2.75) is 0 Å². The minimum absolute atomic E-state index is 0.0962. The third-order valence-electron chi connectivity index (χ3n) is 2.51. The summed E-state index contributed by atoms with van der Waals surface area (Å²) in [5.41, 5.74) is -0.0962. The molecular formula is C14H9BrF2O3. The molecule has 0 spiro atoms. The van der Waals surface area contributed by atoms with Gasteiger partial charge < -0.3 is 9.47 Å². The summed E-state index contributed by atoms with van der Waals surface area (Å²) < 4.78 is 38.1. The summed E-state index contributed by atoms with van der Waals surface area (Å²) in [6, 6.07) is 6.52. The topological polar surface area (TPSA) is 35.5 Å². The van der Waals surface area contributed by atoms with Crippen LogP contribution in [0.3, 0.4) is 0 Å². The van der Waals surface area contributed by atoms with Crippen LogP contribution in [0.5, 0.6) is 17.2 Å². The van der Waals surface area contributed by atoms with Gasteiger partial charge in [0.2, 0.25) is 0 Å². The Morgan fingerprint density at radius 1 is 1.15 bits per heavy atom. The van der Waals surface area contributed by atoms with E-state index in [0.29, 0.717) is 16.5 Å². The number of hydrogen-bond donors (Lipinski definition) is 0. The Hall–Kier alpha value is -1.95. The first kappa shape index (κ1) is 14.5. The van der Waals surface area contributed by atoms with Gasteiger partial charge in [-0.25, -0.2) is 8.78 Å². The SMILES string of the molecule is COc1ccc(Oc2c(F)cc(C=O)cc2F)c(Br)c1. The third-order valence-corrected chi connectivity index (χ3v) is 3.13. The van der Waals surface area contributed by atoms with Gasteiger partial charge in [-0.2, -0.15) is 0 Å². The van der Waals surface area contributed by atoms with Crippen LogP contribution in [0.15, 0.2) is 34.8 Å². The lowest BCUT2D eigenvalue weighted by Crippen LogP contribution is -1.96. The molecule has 0 aliphatic rings. The predicted octanol–water partition coefficient (Wildman–Crippen LogP) is 4.34. The molecule has 0 aliphatic heterocycles. The molecule has 0 heterocycles. The fourth-order valence-electron chi connectivity index (χ4n) is 1.55. The van der Waals surface area contributed by atoms with Gasteiger partial charge >= 0.3 is 0 Å². The van der Waals surface area contributed by atoms with Crippen molar-refractivity contribution in [2.75, 3.05) is 7.11 Å². The molecular weight excluding hydrogens is 334 g/mol. The molecule has 2 aromatic rings. The Bertz CT molecular complexity index is 636. The summed E-state index contributed by atoms with van der Waals surface area (Å²) >= 11 is 3.22. The average Bonchev–Trinajstić information content (AvgIpc) is 2.43. The lowest BCUT2D eigenvalue weighted by molar-refractivity contribution is 0.112. The van der Waals surface area contributed by atoms with Crippen LogP contribution in [-0.2, 0) is 0 Å². The van der Waals surface area contributed by atoms with Crippen LogP contribution >= 0.6 is 15.9 Å². The summed E-state index contributed by atoms with van der Waals surface area (Å²) in [5, 5.41) is 0. The van der Waals surface area contributed by atoms with Gasteiger partial charge in [0.15, 0.2) is 17.4 Å². The fourth-order valence-corrected chi connectivity index (χ4v) is 1.99. The zero-order chi connectivity index (χ0) is 14.7. The molecule has 0 amide bonds. The molecule has 0 aliphatic carbocycles. The van der Waals surface area contributed by atoms with Crippen molar-refractivity contribution in [3.63, 3.8) is 0 Å². The number of aldehydes is 1. The second-order valence-electron chi connectivity index (χ2n) is 3.83. The molecule has 20 heavy (non-hydrogen) atoms. The van der Waals surface area contributed by atoms with Crippen LogP contribution in [0.25, 0.3) is 0 Å². The number of benzene rings is 2. The summed E-state index contributed by atoms with van der Waals surface area (Å²) in [7, 11) is 1.50. The highest BCUT2D eigenvalue weighted by molar-refractivity contribution is 9.10. The van der Waals surface area contributed by atoms with Crippen molar-refractivity contribution < 1.29 is 23.0 Å². The summed E-state index contributed by atoms with van der Waals surface area (Å²) in [6.07, 6.45) is 0.360. The zero-order valence-corrected chi connectivity index (χ0v) is 11.9. The maximum absolute atomic E-state index is 13.7. The summed E-state index contributed by atoms with van der Waals surface area (Å²) in [5.74, 6) is -1.67. The van der Waals surface area contributed by atoms with Gasteiger partial charge in [0.1, 0.15) is 17.8 Å². The zero-order valence-electron chi connectivity index (χ0n) is 10.3. The highest BCUT2D eigenvalue weighted by atomic mass is 79.9. The number of ether oxygens (including phenoxy) is 2. The predicted molar refractivity (Wildman–Crippen MR) is 72.5 cm³/mol. The molecule has 2 aromatic carbocycles. The van der Waals surface area contributed by atoms with E-state index in [4.69, 9.17) is 9.47 Å². The molecule has 0 N–H and O–H groups in total. The van der Waals surface area contributed by atoms with Crippen LogP contribution in [-0.4, -0.2) is 13.4 Å². The number of carbonyl (C=O) groups excluding carboxylic acids is 1. The highest BCUT2D eigenvalue weighted by Gasteiger charge is 2.15. The largest absolute Gasteiger partial charge is 0.497 e. The molecule has 0 aromatic heterocycles. The smallest absolute Gasteiger partial charge is 0.198 e. The minimum Gasteiger partial charge on any atom is -0.497 e. The van der Waals surface area contributed by atoms with E-state index in [-0.39, 0.29) is 11.3 Å². The van der Waals surface area contributed by atoms with Gasteiger partial charge in [0.25, 0.3) is 0 Å². The van der Waals surface area contributed by atoms with Crippen molar-refractivity contribution >= 4 is 22.2 Å². The van der Waals surface area contributed by atoms with Crippen LogP contribution in [0, 0.1) is 11.6 Å². The van der Waals surface area contributed by atoms with E-state index < -0.39 is 17.4 Å². The van der Waals surface area contributed by atoms with Gasteiger partial charge in [-0.15, -0.1) is 0 Å². The van der Waals surface area contributed by atoms with Gasteiger partial charge in [0.05, 0.1) is 11.6 Å². The van der Waals surface area contributed by atoms with E-state index in [1.807, 2.05) is 0 Å². The molecule has 0 bridgehead atoms. The quantitative estimate of drug-likeness (QED) is 0.775. The van der Waals surface area contributed by atoms with E-state index in [1.54, 1.807) is 12.1 Å². The molecule has 6 heteroatoms. The summed E-state index contributed by atoms with van der Waals surface area (Å²) in [4.78, 5) is 10.5. The molecule has 0 atom stereocenters. The third kappa shape index (κ3) is 2.96. The first-order valence-electron chi connectivity index (χ1n) is 5.50. The van der Waals surface area contributed by atoms with Crippen molar-refractivity contribution in [3.8, 4) is 17.2 Å². The molecule has 0 unspecified atom stereocenters. The standard InChI is InChI=1S/C14H9BrF2O3/c1-19-9-2-3-13(10(15)6-9)20-14-11(16)4-8(7-18)5-12(14)17/h2-7H,1H3. The Balaban J connectivity index is 2.37. The molecule has 0 fully saturated rings. The van der Waals surface area contributed by atoms with Crippen molar-refractivity contribution in [2.24, 2.45) is 0 Å². The first-order chi connectivity index (χ1) is 9.55. The number of hydrogen-bond acceptors (Lipinski definition) is 3. The number of halogens is 3. The normalized spacial score (nSPS) is 10.2. The molecule has 104 valence electrons. The molecule has 0 radical (unpaired) electrons. The maximum atomic E-state index is 13.7. The summed E-state index contributed by atoms with van der Waals surface area (Å²) in [6.45, 7) is 0. The van der Waals surface area contributed by atoms with E-state index in [9.17, 15) is 13.6 Å². The van der Waals surface area contributed by atoms with Crippen molar-refractivity contribution in [1.29, 1.82) is 0 Å². The number of carbonyl (C=O) groups is 1. The van der Waals surface area contributed by atoms with Gasteiger partial charge in [-0.3, -0.25) is 4.79 Å². The van der Waals surface area contributed by atoms with Gasteiger partial charge in [0, 0.05) is 5.56 Å². The Morgan fingerprint density at radius 3 is 2.30 bits per heavy atom. The second kappa shape index (κ2) is 6.00. The van der Waals surface area contributed by atoms with E-state index in [1.165, 1.54) is 13.2 Å². The van der Waals surface area contributed by atoms with Crippen molar-refractivity contribution in [1.82, 2.24) is 0 Å². The highest BCUT2D eigenvalue weighted by Crippen LogP contribution is 2.35. The molecule has 0 saturated carbocycles. The lowest BCUT2D eigenvalue weighted by atomic mass is 10.2. The molecule has 3 nitrogen and oxygen atoms in total. The van der Waals surface area contributed by atoms with Crippen LogP contribution in [0.1, 0.15) is 10.4 Å². The first-order valence-corrected chi connectivity index (χ1v) is 6.30. The van der Waals surface area contributed by atoms with Gasteiger partial charge in [-0.1, -0.05) is 0 Å². The fraction of sp³-hybridized carbons (Fsp3) is 0.0714. The van der Waals surface area contributed by atoms with Crippen molar-refractivity contribution in [3.05, 3.63) is 52.0 Å². The van der Waals surface area contributed by atoms with Crippen LogP contribution in [0.2, 0.25) is 0 Å². The number of methoxy groups -OCH3 is 1. The molecule has 0 saturated heterocycles. The Kier molecular flexibility index (Phi) is 4.34. The monoisotopic (exact) mass is 342 g/mol. The average molecular weight is 343 g/mol. The van der Waals surface area contributed by atoms with E-state index in [2.05, 4.69) is 15.9 Å². The number of rotatable bonds is 4. The molecule has 2 rings (SSSR count). The Labute approximate surface area is 122 Å². The maximum Gasteiger partial charge on any atom is 0.198 e. The van der Waals surface area contributed by atoms with E-state index >= 15 is 0 Å². The van der Waals surface area contributed by atoms with Crippen LogP contribution < -0.4 is 9.47 Å². The van der Waals surface area contributed by atoms with Crippen LogP contribution in [0.4, 0.5) is 8.78 Å². The lowest BCUT2D eigenvalue weighted by Gasteiger charge is -2.11. The van der Waals surface area contributed by atoms with Gasteiger partial charge in [-0.05, 0) is 46.3 Å². The Morgan fingerprint density at radius 2 is 1.80 bits per heavy atom.